The quantitative estimate of drug-likeness (QED) is 0.791. The number of carboxylic acids is 1. The van der Waals surface area contributed by atoms with Crippen molar-refractivity contribution in [3.63, 3.8) is 0 Å². The highest BCUT2D eigenvalue weighted by molar-refractivity contribution is 5.96. The van der Waals surface area contributed by atoms with E-state index in [1.807, 2.05) is 13.8 Å². The molecule has 1 amide bonds. The lowest BCUT2D eigenvalue weighted by Gasteiger charge is -2.21. The summed E-state index contributed by atoms with van der Waals surface area (Å²) in [6.07, 6.45) is 0.337. The lowest BCUT2D eigenvalue weighted by atomic mass is 10.0. The summed E-state index contributed by atoms with van der Waals surface area (Å²) in [7, 11) is 0. The standard InChI is InChI=1S/C17H25NO4/c1-11(2)9-15(17(20)21)18-16(19)13-5-7-14(8-6-13)22-10-12(3)4/h5-8,11-12,15H,9-10H2,1-4H3,(H,18,19)(H,20,21)/p-1/t15-/m0/s1. The van der Waals surface area contributed by atoms with Crippen molar-refractivity contribution in [2.45, 2.75) is 40.2 Å². The van der Waals surface area contributed by atoms with Crippen LogP contribution in [0.4, 0.5) is 0 Å². The Morgan fingerprint density at radius 2 is 1.68 bits per heavy atom. The number of benzene rings is 1. The number of rotatable bonds is 8. The average Bonchev–Trinajstić information content (AvgIpc) is 2.44. The molecule has 0 unspecified atom stereocenters. The molecule has 122 valence electrons. The number of hydrogen-bond acceptors (Lipinski definition) is 4. The summed E-state index contributed by atoms with van der Waals surface area (Å²) in [5.41, 5.74) is 0.395. The molecule has 0 aromatic heterocycles. The van der Waals surface area contributed by atoms with Gasteiger partial charge in [0, 0.05) is 5.56 Å². The fraction of sp³-hybridized carbons (Fsp3) is 0.529. The molecule has 1 N–H and O–H groups in total. The highest BCUT2D eigenvalue weighted by atomic mass is 16.5. The van der Waals surface area contributed by atoms with Crippen LogP contribution >= 0.6 is 0 Å². The Morgan fingerprint density at radius 1 is 1.09 bits per heavy atom. The number of aliphatic carboxylic acids is 1. The maximum atomic E-state index is 12.1. The molecule has 0 saturated heterocycles. The Kier molecular flexibility index (Phi) is 6.89. The van der Waals surface area contributed by atoms with Crippen LogP contribution in [-0.2, 0) is 4.79 Å². The lowest BCUT2D eigenvalue weighted by Crippen LogP contribution is -2.48. The number of amides is 1. The number of carboxylic acid groups (broad SMARTS) is 1. The molecule has 0 spiro atoms. The minimum Gasteiger partial charge on any atom is -0.548 e. The van der Waals surface area contributed by atoms with Gasteiger partial charge in [-0.05, 0) is 42.5 Å². The number of ether oxygens (including phenoxy) is 1. The Bertz CT molecular complexity index is 494. The summed E-state index contributed by atoms with van der Waals surface area (Å²) >= 11 is 0. The minimum atomic E-state index is -1.26. The van der Waals surface area contributed by atoms with E-state index in [4.69, 9.17) is 4.74 Å². The second-order valence-electron chi connectivity index (χ2n) is 6.20. The van der Waals surface area contributed by atoms with Crippen LogP contribution in [-0.4, -0.2) is 24.5 Å². The van der Waals surface area contributed by atoms with Gasteiger partial charge >= 0.3 is 0 Å². The van der Waals surface area contributed by atoms with Crippen LogP contribution in [0.3, 0.4) is 0 Å². The van der Waals surface area contributed by atoms with Crippen molar-refractivity contribution >= 4 is 11.9 Å². The summed E-state index contributed by atoms with van der Waals surface area (Å²) in [4.78, 5) is 23.1. The molecule has 1 atom stereocenters. The number of carbonyl (C=O) groups excluding carboxylic acids is 2. The fourth-order valence-corrected chi connectivity index (χ4v) is 1.89. The molecule has 0 aliphatic heterocycles. The summed E-state index contributed by atoms with van der Waals surface area (Å²) in [5, 5.41) is 13.6. The molecule has 5 heteroatoms. The van der Waals surface area contributed by atoms with E-state index in [-0.39, 0.29) is 5.92 Å². The van der Waals surface area contributed by atoms with Gasteiger partial charge in [0.2, 0.25) is 0 Å². The number of nitrogens with one attached hydrogen (secondary N) is 1. The third-order valence-electron chi connectivity index (χ3n) is 3.00. The van der Waals surface area contributed by atoms with E-state index in [0.717, 1.165) is 0 Å². The highest BCUT2D eigenvalue weighted by Crippen LogP contribution is 2.14. The third kappa shape index (κ3) is 6.16. The molecule has 0 aliphatic rings. The SMILES string of the molecule is CC(C)COc1ccc(C(=O)N[C@@H](CC(C)C)C(=O)[O-])cc1. The van der Waals surface area contributed by atoms with Crippen LogP contribution < -0.4 is 15.2 Å². The van der Waals surface area contributed by atoms with Crippen molar-refractivity contribution in [3.8, 4) is 5.75 Å². The van der Waals surface area contributed by atoms with Gasteiger partial charge < -0.3 is 20.0 Å². The molecule has 1 aromatic rings. The zero-order chi connectivity index (χ0) is 16.7. The van der Waals surface area contributed by atoms with Gasteiger partial charge in [0.25, 0.3) is 5.91 Å². The van der Waals surface area contributed by atoms with Crippen molar-refractivity contribution in [2.24, 2.45) is 11.8 Å². The number of carbonyl (C=O) groups is 2. The zero-order valence-electron chi connectivity index (χ0n) is 13.6. The van der Waals surface area contributed by atoms with E-state index in [1.165, 1.54) is 0 Å². The van der Waals surface area contributed by atoms with E-state index >= 15 is 0 Å². The van der Waals surface area contributed by atoms with Crippen molar-refractivity contribution in [1.29, 1.82) is 0 Å². The molecule has 0 aliphatic carbocycles. The smallest absolute Gasteiger partial charge is 0.251 e. The molecule has 1 aromatic carbocycles. The third-order valence-corrected chi connectivity index (χ3v) is 3.00. The van der Waals surface area contributed by atoms with E-state index in [1.54, 1.807) is 24.3 Å². The van der Waals surface area contributed by atoms with Crippen LogP contribution in [0.25, 0.3) is 0 Å². The first-order chi connectivity index (χ1) is 10.3. The van der Waals surface area contributed by atoms with E-state index < -0.39 is 17.9 Å². The Balaban J connectivity index is 2.66. The maximum absolute atomic E-state index is 12.1. The molecule has 0 saturated carbocycles. The van der Waals surface area contributed by atoms with Gasteiger partial charge in [0.05, 0.1) is 18.6 Å². The molecule has 0 fully saturated rings. The average molecular weight is 306 g/mol. The molecule has 22 heavy (non-hydrogen) atoms. The fourth-order valence-electron chi connectivity index (χ4n) is 1.89. The monoisotopic (exact) mass is 306 g/mol. The van der Waals surface area contributed by atoms with Gasteiger partial charge in [-0.25, -0.2) is 0 Å². The van der Waals surface area contributed by atoms with Gasteiger partial charge in [0.15, 0.2) is 0 Å². The summed E-state index contributed by atoms with van der Waals surface area (Å²) in [5.74, 6) is -0.439. The Hall–Kier alpha value is -2.04. The molecular formula is C17H24NO4-. The van der Waals surface area contributed by atoms with Crippen molar-refractivity contribution in [3.05, 3.63) is 29.8 Å². The first-order valence-electron chi connectivity index (χ1n) is 7.54. The lowest BCUT2D eigenvalue weighted by molar-refractivity contribution is -0.308. The largest absolute Gasteiger partial charge is 0.548 e. The molecule has 0 radical (unpaired) electrons. The van der Waals surface area contributed by atoms with Crippen LogP contribution in [0, 0.1) is 11.8 Å². The molecule has 0 bridgehead atoms. The van der Waals surface area contributed by atoms with E-state index in [9.17, 15) is 14.7 Å². The highest BCUT2D eigenvalue weighted by Gasteiger charge is 2.16. The van der Waals surface area contributed by atoms with Crippen molar-refractivity contribution in [1.82, 2.24) is 5.32 Å². The Labute approximate surface area is 131 Å². The molecule has 1 rings (SSSR count). The molecule has 0 heterocycles. The van der Waals surface area contributed by atoms with E-state index in [2.05, 4.69) is 19.2 Å². The van der Waals surface area contributed by atoms with Gasteiger partial charge in [-0.2, -0.15) is 0 Å². The first kappa shape index (κ1) is 18.0. The zero-order valence-corrected chi connectivity index (χ0v) is 13.6. The van der Waals surface area contributed by atoms with Gasteiger partial charge in [-0.1, -0.05) is 27.7 Å². The summed E-state index contributed by atoms with van der Waals surface area (Å²) < 4.78 is 5.54. The van der Waals surface area contributed by atoms with Crippen LogP contribution in [0.5, 0.6) is 5.75 Å². The van der Waals surface area contributed by atoms with Crippen molar-refractivity contribution in [2.75, 3.05) is 6.61 Å². The molecular weight excluding hydrogens is 282 g/mol. The Morgan fingerprint density at radius 3 is 2.14 bits per heavy atom. The predicted octanol–water partition coefficient (Wildman–Crippen LogP) is 1.62. The second-order valence-corrected chi connectivity index (χ2v) is 6.20. The minimum absolute atomic E-state index is 0.148. The predicted molar refractivity (Wildman–Crippen MR) is 82.5 cm³/mol. The second kappa shape index (κ2) is 8.41. The van der Waals surface area contributed by atoms with Crippen LogP contribution in [0.2, 0.25) is 0 Å². The van der Waals surface area contributed by atoms with Crippen LogP contribution in [0.15, 0.2) is 24.3 Å². The first-order valence-corrected chi connectivity index (χ1v) is 7.54. The summed E-state index contributed by atoms with van der Waals surface area (Å²) in [6.45, 7) is 8.49. The summed E-state index contributed by atoms with van der Waals surface area (Å²) in [6, 6.07) is 5.66. The topological polar surface area (TPSA) is 78.5 Å². The van der Waals surface area contributed by atoms with Crippen LogP contribution in [0.1, 0.15) is 44.5 Å². The maximum Gasteiger partial charge on any atom is 0.251 e. The normalized spacial score (nSPS) is 12.3. The van der Waals surface area contributed by atoms with E-state index in [0.29, 0.717) is 30.3 Å². The van der Waals surface area contributed by atoms with Gasteiger partial charge in [-0.15, -0.1) is 0 Å². The van der Waals surface area contributed by atoms with Gasteiger partial charge in [0.1, 0.15) is 5.75 Å². The number of hydrogen-bond donors (Lipinski definition) is 1. The van der Waals surface area contributed by atoms with Crippen molar-refractivity contribution < 1.29 is 19.4 Å². The molecule has 5 nitrogen and oxygen atoms in total. The van der Waals surface area contributed by atoms with Gasteiger partial charge in [-0.3, -0.25) is 4.79 Å².